The van der Waals surface area contributed by atoms with Crippen molar-refractivity contribution in [1.29, 1.82) is 0 Å². The van der Waals surface area contributed by atoms with E-state index in [-0.39, 0.29) is 5.91 Å². The number of rotatable bonds is 6. The maximum atomic E-state index is 12.1. The Morgan fingerprint density at radius 1 is 1.17 bits per heavy atom. The van der Waals surface area contributed by atoms with Crippen molar-refractivity contribution in [2.45, 2.75) is 0 Å². The Kier molecular flexibility index (Phi) is 4.76. The van der Waals surface area contributed by atoms with Crippen LogP contribution >= 0.6 is 0 Å². The molecule has 0 aliphatic rings. The number of pyridine rings is 1. The number of hydrogen-bond acceptors (Lipinski definition) is 6. The van der Waals surface area contributed by atoms with Gasteiger partial charge in [0, 0.05) is 36.6 Å². The molecule has 2 aromatic heterocycles. The molecule has 0 spiro atoms. The molecule has 0 aliphatic carbocycles. The zero-order chi connectivity index (χ0) is 16.8. The number of aryl methyl sites for hydroxylation is 1. The third-order valence-electron chi connectivity index (χ3n) is 3.31. The lowest BCUT2D eigenvalue weighted by Crippen LogP contribution is -2.28. The quantitative estimate of drug-likeness (QED) is 0.660. The van der Waals surface area contributed by atoms with Gasteiger partial charge in [-0.05, 0) is 29.5 Å². The first-order chi connectivity index (χ1) is 11.7. The molecule has 2 heterocycles. The number of carbonyl (C=O) groups excluding carboxylic acids is 1. The minimum atomic E-state index is -0.123. The van der Waals surface area contributed by atoms with E-state index in [0.29, 0.717) is 24.5 Å². The molecule has 8 heteroatoms. The maximum Gasteiger partial charge on any atom is 0.251 e. The number of nitrogens with one attached hydrogen (secondary N) is 2. The minimum absolute atomic E-state index is 0.123. The highest BCUT2D eigenvalue weighted by Crippen LogP contribution is 2.14. The molecule has 0 bridgehead atoms. The molecule has 0 saturated carbocycles. The SMILES string of the molecule is Cn1nnc(-c2ccc(C(=O)NCCNc3cccnc3)cc2)n1. The minimum Gasteiger partial charge on any atom is -0.382 e. The van der Waals surface area contributed by atoms with Crippen molar-refractivity contribution in [2.24, 2.45) is 7.05 Å². The van der Waals surface area contributed by atoms with Gasteiger partial charge in [-0.25, -0.2) is 0 Å². The zero-order valence-electron chi connectivity index (χ0n) is 13.2. The first kappa shape index (κ1) is 15.6. The van der Waals surface area contributed by atoms with Gasteiger partial charge < -0.3 is 10.6 Å². The number of amides is 1. The predicted octanol–water partition coefficient (Wildman–Crippen LogP) is 1.11. The number of aromatic nitrogens is 5. The van der Waals surface area contributed by atoms with Crippen LogP contribution in [0, 0.1) is 0 Å². The van der Waals surface area contributed by atoms with Crippen molar-refractivity contribution in [3.05, 3.63) is 54.4 Å². The lowest BCUT2D eigenvalue weighted by atomic mass is 10.1. The Morgan fingerprint density at radius 2 is 2.00 bits per heavy atom. The summed E-state index contributed by atoms with van der Waals surface area (Å²) in [5.41, 5.74) is 2.33. The van der Waals surface area contributed by atoms with Gasteiger partial charge in [-0.2, -0.15) is 4.80 Å². The molecule has 0 unspecified atom stereocenters. The fourth-order valence-electron chi connectivity index (χ4n) is 2.12. The Morgan fingerprint density at radius 3 is 2.67 bits per heavy atom. The second-order valence-corrected chi connectivity index (χ2v) is 5.10. The standard InChI is InChI=1S/C16H17N7O/c1-23-21-15(20-22-23)12-4-6-13(7-5-12)16(24)19-10-9-18-14-3-2-8-17-11-14/h2-8,11,18H,9-10H2,1H3,(H,19,24). The largest absolute Gasteiger partial charge is 0.382 e. The van der Waals surface area contributed by atoms with E-state index in [1.165, 1.54) is 4.80 Å². The molecule has 0 atom stereocenters. The number of carbonyl (C=O) groups is 1. The van der Waals surface area contributed by atoms with Crippen LogP contribution in [0.15, 0.2) is 48.8 Å². The average Bonchev–Trinajstić information content (AvgIpc) is 3.06. The molecule has 0 radical (unpaired) electrons. The average molecular weight is 323 g/mol. The highest BCUT2D eigenvalue weighted by molar-refractivity contribution is 5.94. The number of benzene rings is 1. The molecule has 122 valence electrons. The molecule has 24 heavy (non-hydrogen) atoms. The monoisotopic (exact) mass is 323 g/mol. The summed E-state index contributed by atoms with van der Waals surface area (Å²) in [5, 5.41) is 17.9. The van der Waals surface area contributed by atoms with E-state index in [4.69, 9.17) is 0 Å². The summed E-state index contributed by atoms with van der Waals surface area (Å²) < 4.78 is 0. The summed E-state index contributed by atoms with van der Waals surface area (Å²) in [6.07, 6.45) is 3.45. The summed E-state index contributed by atoms with van der Waals surface area (Å²) in [6, 6.07) is 10.9. The van der Waals surface area contributed by atoms with Gasteiger partial charge in [0.15, 0.2) is 0 Å². The third-order valence-corrected chi connectivity index (χ3v) is 3.31. The summed E-state index contributed by atoms with van der Waals surface area (Å²) >= 11 is 0. The first-order valence-corrected chi connectivity index (χ1v) is 7.49. The molecule has 1 aromatic carbocycles. The Balaban J connectivity index is 1.50. The van der Waals surface area contributed by atoms with Crippen LogP contribution in [0.3, 0.4) is 0 Å². The van der Waals surface area contributed by atoms with Crippen molar-refractivity contribution in [3.63, 3.8) is 0 Å². The second kappa shape index (κ2) is 7.32. The lowest BCUT2D eigenvalue weighted by Gasteiger charge is -2.08. The van der Waals surface area contributed by atoms with Crippen LogP contribution in [0.5, 0.6) is 0 Å². The molecular formula is C16H17N7O. The molecule has 1 amide bonds. The van der Waals surface area contributed by atoms with Gasteiger partial charge in [0.25, 0.3) is 5.91 Å². The van der Waals surface area contributed by atoms with Crippen molar-refractivity contribution in [3.8, 4) is 11.4 Å². The van der Waals surface area contributed by atoms with E-state index in [1.807, 2.05) is 12.1 Å². The number of anilines is 1. The van der Waals surface area contributed by atoms with Gasteiger partial charge in [0.05, 0.1) is 12.7 Å². The summed E-state index contributed by atoms with van der Waals surface area (Å²) in [7, 11) is 1.71. The molecule has 2 N–H and O–H groups in total. The van der Waals surface area contributed by atoms with Crippen LogP contribution < -0.4 is 10.6 Å². The second-order valence-electron chi connectivity index (χ2n) is 5.10. The van der Waals surface area contributed by atoms with Gasteiger partial charge in [0.1, 0.15) is 0 Å². The van der Waals surface area contributed by atoms with E-state index in [9.17, 15) is 4.79 Å². The fraction of sp³-hybridized carbons (Fsp3) is 0.188. The van der Waals surface area contributed by atoms with Crippen molar-refractivity contribution in [2.75, 3.05) is 18.4 Å². The molecule has 3 aromatic rings. The summed E-state index contributed by atoms with van der Waals surface area (Å²) in [6.45, 7) is 1.14. The van der Waals surface area contributed by atoms with Crippen LogP contribution in [0.2, 0.25) is 0 Å². The van der Waals surface area contributed by atoms with Crippen molar-refractivity contribution >= 4 is 11.6 Å². The van der Waals surface area contributed by atoms with Crippen molar-refractivity contribution < 1.29 is 4.79 Å². The summed E-state index contributed by atoms with van der Waals surface area (Å²) in [4.78, 5) is 17.5. The van der Waals surface area contributed by atoms with E-state index in [2.05, 4.69) is 31.0 Å². The van der Waals surface area contributed by atoms with E-state index in [1.54, 1.807) is 43.7 Å². The number of tetrazole rings is 1. The van der Waals surface area contributed by atoms with Gasteiger partial charge in [0.2, 0.25) is 5.82 Å². The molecule has 0 aliphatic heterocycles. The Bertz CT molecular complexity index is 799. The molecule has 3 rings (SSSR count). The van der Waals surface area contributed by atoms with Crippen LogP contribution in [0.4, 0.5) is 5.69 Å². The van der Waals surface area contributed by atoms with Crippen molar-refractivity contribution in [1.82, 2.24) is 30.5 Å². The smallest absolute Gasteiger partial charge is 0.251 e. The van der Waals surface area contributed by atoms with Gasteiger partial charge >= 0.3 is 0 Å². The topological polar surface area (TPSA) is 97.6 Å². The summed E-state index contributed by atoms with van der Waals surface area (Å²) in [5.74, 6) is 0.409. The van der Waals surface area contributed by atoms with Gasteiger partial charge in [-0.15, -0.1) is 10.2 Å². The lowest BCUT2D eigenvalue weighted by molar-refractivity contribution is 0.0955. The van der Waals surface area contributed by atoms with Crippen LogP contribution in [-0.2, 0) is 7.05 Å². The van der Waals surface area contributed by atoms with E-state index >= 15 is 0 Å². The van der Waals surface area contributed by atoms with Gasteiger partial charge in [-0.1, -0.05) is 12.1 Å². The first-order valence-electron chi connectivity index (χ1n) is 7.49. The highest BCUT2D eigenvalue weighted by atomic mass is 16.1. The molecular weight excluding hydrogens is 306 g/mol. The van der Waals surface area contributed by atoms with Gasteiger partial charge in [-0.3, -0.25) is 9.78 Å². The van der Waals surface area contributed by atoms with E-state index < -0.39 is 0 Å². The third kappa shape index (κ3) is 3.92. The highest BCUT2D eigenvalue weighted by Gasteiger charge is 2.08. The fourth-order valence-corrected chi connectivity index (χ4v) is 2.12. The Hall–Kier alpha value is -3.29. The number of hydrogen-bond donors (Lipinski definition) is 2. The Labute approximate surface area is 138 Å². The predicted molar refractivity (Wildman–Crippen MR) is 89.3 cm³/mol. The van der Waals surface area contributed by atoms with E-state index in [0.717, 1.165) is 11.3 Å². The zero-order valence-corrected chi connectivity index (χ0v) is 13.2. The maximum absolute atomic E-state index is 12.1. The normalized spacial score (nSPS) is 10.4. The molecule has 0 saturated heterocycles. The van der Waals surface area contributed by atoms with Crippen LogP contribution in [-0.4, -0.2) is 44.2 Å². The molecule has 0 fully saturated rings. The molecule has 8 nitrogen and oxygen atoms in total. The number of nitrogens with zero attached hydrogens (tertiary/aromatic N) is 5. The van der Waals surface area contributed by atoms with Crippen LogP contribution in [0.1, 0.15) is 10.4 Å². The van der Waals surface area contributed by atoms with Crippen LogP contribution in [0.25, 0.3) is 11.4 Å².